The maximum atomic E-state index is 13.4. The van der Waals surface area contributed by atoms with Crippen molar-refractivity contribution in [2.75, 3.05) is 0 Å². The fraction of sp³-hybridized carbons (Fsp3) is 0.263. The molecule has 1 N–H and O–H groups in total. The lowest BCUT2D eigenvalue weighted by Gasteiger charge is -2.19. The topological polar surface area (TPSA) is 29.5 Å². The fourth-order valence-corrected chi connectivity index (χ4v) is 2.51. The Kier molecular flexibility index (Phi) is 6.51. The van der Waals surface area contributed by atoms with Gasteiger partial charge in [-0.2, -0.15) is 13.2 Å². The molecular formula is C19H18ClF3O2. The molecule has 0 aromatic heterocycles. The van der Waals surface area contributed by atoms with Gasteiger partial charge >= 0.3 is 6.18 Å². The second-order valence-electron chi connectivity index (χ2n) is 5.54. The van der Waals surface area contributed by atoms with Gasteiger partial charge in [0.05, 0.1) is 11.7 Å². The summed E-state index contributed by atoms with van der Waals surface area (Å²) in [5.41, 5.74) is -1.05. The average Bonchev–Trinajstić information content (AvgIpc) is 2.56. The van der Waals surface area contributed by atoms with Gasteiger partial charge in [0.1, 0.15) is 11.5 Å². The van der Waals surface area contributed by atoms with Crippen molar-refractivity contribution < 1.29 is 23.0 Å². The molecule has 1 unspecified atom stereocenters. The fourth-order valence-electron chi connectivity index (χ4n) is 2.38. The molecule has 0 aliphatic heterocycles. The van der Waals surface area contributed by atoms with E-state index in [0.717, 1.165) is 6.07 Å². The maximum Gasteiger partial charge on any atom is 0.416 e. The molecule has 0 saturated heterocycles. The van der Waals surface area contributed by atoms with Crippen LogP contribution in [0, 0.1) is 0 Å². The van der Waals surface area contributed by atoms with Gasteiger partial charge in [-0.3, -0.25) is 0 Å². The van der Waals surface area contributed by atoms with Crippen LogP contribution in [0.15, 0.2) is 55.1 Å². The van der Waals surface area contributed by atoms with Crippen molar-refractivity contribution in [3.8, 4) is 11.5 Å². The Labute approximate surface area is 149 Å². The molecule has 0 amide bonds. The van der Waals surface area contributed by atoms with Crippen molar-refractivity contribution in [1.29, 1.82) is 0 Å². The van der Waals surface area contributed by atoms with Crippen molar-refractivity contribution in [1.82, 2.24) is 0 Å². The first kappa shape index (κ1) is 19.3. The van der Waals surface area contributed by atoms with Crippen LogP contribution in [0.2, 0.25) is 5.02 Å². The molecule has 2 aromatic carbocycles. The minimum atomic E-state index is -4.59. The molecule has 0 saturated carbocycles. The summed E-state index contributed by atoms with van der Waals surface area (Å²) in [7, 11) is 0. The highest BCUT2D eigenvalue weighted by molar-refractivity contribution is 6.30. The van der Waals surface area contributed by atoms with Gasteiger partial charge in [0.25, 0.3) is 0 Å². The number of aliphatic hydroxyl groups excluding tert-OH is 1. The van der Waals surface area contributed by atoms with Crippen LogP contribution in [0.3, 0.4) is 0 Å². The first-order chi connectivity index (χ1) is 11.8. The van der Waals surface area contributed by atoms with E-state index in [-0.39, 0.29) is 17.7 Å². The molecule has 1 atom stereocenters. The standard InChI is InChI=1S/C19H18ClF3O2/c1-2-3-4-5-18(24)16-11-10-15(12-17(16)19(21,22)23)25-14-8-6-13(20)7-9-14/h2,6-12,18,24H,1,3-5H2. The Morgan fingerprint density at radius 1 is 1.12 bits per heavy atom. The Morgan fingerprint density at radius 2 is 1.76 bits per heavy atom. The molecule has 134 valence electrons. The van der Waals surface area contributed by atoms with E-state index >= 15 is 0 Å². The lowest BCUT2D eigenvalue weighted by Crippen LogP contribution is -2.12. The molecule has 0 spiro atoms. The number of alkyl halides is 3. The number of halogens is 4. The van der Waals surface area contributed by atoms with Gasteiger partial charge < -0.3 is 9.84 Å². The van der Waals surface area contributed by atoms with E-state index in [2.05, 4.69) is 6.58 Å². The zero-order chi connectivity index (χ0) is 18.4. The quantitative estimate of drug-likeness (QED) is 0.443. The van der Waals surface area contributed by atoms with E-state index < -0.39 is 17.8 Å². The number of benzene rings is 2. The molecule has 0 fully saturated rings. The second-order valence-corrected chi connectivity index (χ2v) is 5.97. The minimum Gasteiger partial charge on any atom is -0.457 e. The van der Waals surface area contributed by atoms with Crippen molar-refractivity contribution in [3.05, 3.63) is 71.3 Å². The summed E-state index contributed by atoms with van der Waals surface area (Å²) >= 11 is 5.77. The van der Waals surface area contributed by atoms with Crippen molar-refractivity contribution in [3.63, 3.8) is 0 Å². The van der Waals surface area contributed by atoms with Gasteiger partial charge in [-0.25, -0.2) is 0 Å². The molecule has 0 bridgehead atoms. The van der Waals surface area contributed by atoms with E-state index in [0.29, 0.717) is 23.6 Å². The van der Waals surface area contributed by atoms with Crippen molar-refractivity contribution >= 4 is 11.6 Å². The average molecular weight is 371 g/mol. The Hall–Kier alpha value is -1.98. The number of hydrogen-bond donors (Lipinski definition) is 1. The monoisotopic (exact) mass is 370 g/mol. The smallest absolute Gasteiger partial charge is 0.416 e. The second kappa shape index (κ2) is 8.41. The molecule has 2 rings (SSSR count). The first-order valence-corrected chi connectivity index (χ1v) is 8.12. The zero-order valence-electron chi connectivity index (χ0n) is 13.4. The molecule has 0 aliphatic rings. The Bertz CT molecular complexity index is 712. The van der Waals surface area contributed by atoms with E-state index in [4.69, 9.17) is 16.3 Å². The lowest BCUT2D eigenvalue weighted by molar-refractivity contribution is -0.139. The zero-order valence-corrected chi connectivity index (χ0v) is 14.1. The van der Waals surface area contributed by atoms with Crippen LogP contribution in [-0.4, -0.2) is 5.11 Å². The summed E-state index contributed by atoms with van der Waals surface area (Å²) in [6.07, 6.45) is -2.69. The van der Waals surface area contributed by atoms with Crippen molar-refractivity contribution in [2.24, 2.45) is 0 Å². The largest absolute Gasteiger partial charge is 0.457 e. The summed E-state index contributed by atoms with van der Waals surface area (Å²) in [6.45, 7) is 3.56. The van der Waals surface area contributed by atoms with Gasteiger partial charge in [-0.05, 0) is 61.2 Å². The molecule has 0 aliphatic carbocycles. The van der Waals surface area contributed by atoms with Crippen LogP contribution in [0.1, 0.15) is 36.5 Å². The van der Waals surface area contributed by atoms with Gasteiger partial charge in [0.15, 0.2) is 0 Å². The van der Waals surface area contributed by atoms with E-state index in [1.807, 2.05) is 0 Å². The summed E-state index contributed by atoms with van der Waals surface area (Å²) < 4.78 is 45.6. The third-order valence-electron chi connectivity index (χ3n) is 3.62. The number of aliphatic hydroxyl groups is 1. The predicted octanol–water partition coefficient (Wildman–Crippen LogP) is 6.54. The van der Waals surface area contributed by atoms with Gasteiger partial charge in [-0.15, -0.1) is 6.58 Å². The SMILES string of the molecule is C=CCCCC(O)c1ccc(Oc2ccc(Cl)cc2)cc1C(F)(F)F. The summed E-state index contributed by atoms with van der Waals surface area (Å²) in [6, 6.07) is 9.86. The molecule has 25 heavy (non-hydrogen) atoms. The lowest BCUT2D eigenvalue weighted by atomic mass is 9.97. The summed E-state index contributed by atoms with van der Waals surface area (Å²) in [5.74, 6) is 0.411. The van der Waals surface area contributed by atoms with E-state index in [9.17, 15) is 18.3 Å². The van der Waals surface area contributed by atoms with Crippen LogP contribution >= 0.6 is 11.6 Å². The van der Waals surface area contributed by atoms with Gasteiger partial charge in [0.2, 0.25) is 0 Å². The molecule has 0 radical (unpaired) electrons. The molecule has 6 heteroatoms. The molecule has 2 nitrogen and oxygen atoms in total. The minimum absolute atomic E-state index is 0.0386. The van der Waals surface area contributed by atoms with Crippen LogP contribution in [0.4, 0.5) is 13.2 Å². The molecule has 0 heterocycles. The number of allylic oxidation sites excluding steroid dienone is 1. The van der Waals surface area contributed by atoms with E-state index in [1.54, 1.807) is 30.3 Å². The third-order valence-corrected chi connectivity index (χ3v) is 3.88. The predicted molar refractivity (Wildman–Crippen MR) is 92.0 cm³/mol. The highest BCUT2D eigenvalue weighted by Crippen LogP contribution is 2.39. The maximum absolute atomic E-state index is 13.4. The van der Waals surface area contributed by atoms with Crippen LogP contribution in [-0.2, 0) is 6.18 Å². The summed E-state index contributed by atoms with van der Waals surface area (Å²) in [5, 5.41) is 10.6. The van der Waals surface area contributed by atoms with Crippen LogP contribution < -0.4 is 4.74 Å². The molecule has 2 aromatic rings. The number of rotatable bonds is 7. The number of hydrogen-bond acceptors (Lipinski definition) is 2. The van der Waals surface area contributed by atoms with Crippen LogP contribution in [0.5, 0.6) is 11.5 Å². The number of ether oxygens (including phenoxy) is 1. The first-order valence-electron chi connectivity index (χ1n) is 7.75. The van der Waals surface area contributed by atoms with Gasteiger partial charge in [-0.1, -0.05) is 23.7 Å². The van der Waals surface area contributed by atoms with Crippen molar-refractivity contribution in [2.45, 2.75) is 31.5 Å². The normalized spacial score (nSPS) is 12.7. The Morgan fingerprint density at radius 3 is 2.36 bits per heavy atom. The highest BCUT2D eigenvalue weighted by Gasteiger charge is 2.35. The number of unbranched alkanes of at least 4 members (excludes halogenated alkanes) is 1. The summed E-state index contributed by atoms with van der Waals surface area (Å²) in [4.78, 5) is 0. The van der Waals surface area contributed by atoms with Gasteiger partial charge in [0, 0.05) is 5.02 Å². The highest BCUT2D eigenvalue weighted by atomic mass is 35.5. The van der Waals surface area contributed by atoms with E-state index in [1.165, 1.54) is 12.1 Å². The molecular weight excluding hydrogens is 353 g/mol. The van der Waals surface area contributed by atoms with Crippen LogP contribution in [0.25, 0.3) is 0 Å². The third kappa shape index (κ3) is 5.51. The Balaban J connectivity index is 2.26.